The van der Waals surface area contributed by atoms with Crippen LogP contribution >= 0.6 is 0 Å². The maximum absolute atomic E-state index is 14.9. The van der Waals surface area contributed by atoms with Crippen LogP contribution in [0.3, 0.4) is 0 Å². The Morgan fingerprint density at radius 2 is 1.57 bits per heavy atom. The third kappa shape index (κ3) is 5.77. The van der Waals surface area contributed by atoms with E-state index in [1.807, 2.05) is 25.1 Å². The fourth-order valence-corrected chi connectivity index (χ4v) is 4.70. The van der Waals surface area contributed by atoms with Crippen LogP contribution in [0.2, 0.25) is 0 Å². The van der Waals surface area contributed by atoms with E-state index in [0.717, 1.165) is 30.2 Å². The topological polar surface area (TPSA) is 0 Å². The lowest BCUT2D eigenvalue weighted by Gasteiger charge is -2.28. The Bertz CT molecular complexity index is 828. The van der Waals surface area contributed by atoms with Gasteiger partial charge in [0.2, 0.25) is 0 Å². The zero-order valence-corrected chi connectivity index (χ0v) is 18.1. The number of benzene rings is 2. The van der Waals surface area contributed by atoms with Crippen LogP contribution in [0.1, 0.15) is 81.4 Å². The van der Waals surface area contributed by atoms with Crippen molar-refractivity contribution in [1.82, 2.24) is 0 Å². The first-order valence-corrected chi connectivity index (χ1v) is 11.3. The molecule has 0 aromatic heterocycles. The molecule has 0 radical (unpaired) electrons. The molecule has 0 aliphatic heterocycles. The summed E-state index contributed by atoms with van der Waals surface area (Å²) in [6.07, 6.45) is 10.6. The Labute approximate surface area is 179 Å². The van der Waals surface area contributed by atoms with Gasteiger partial charge in [-0.1, -0.05) is 99.6 Å². The smallest absolute Gasteiger partial charge is 0.206 e. The van der Waals surface area contributed by atoms with Gasteiger partial charge in [-0.25, -0.2) is 13.2 Å². The van der Waals surface area contributed by atoms with E-state index in [1.165, 1.54) is 38.5 Å². The molecule has 0 saturated heterocycles. The second-order valence-corrected chi connectivity index (χ2v) is 8.75. The molecule has 1 aliphatic carbocycles. The average molecular weight is 415 g/mol. The molecule has 162 valence electrons. The maximum Gasteiger partial charge on any atom is 0.267 e. The number of hydrogen-bond acceptors (Lipinski definition) is 0. The van der Waals surface area contributed by atoms with Crippen molar-refractivity contribution in [2.75, 3.05) is 0 Å². The highest BCUT2D eigenvalue weighted by Crippen LogP contribution is 2.36. The van der Waals surface area contributed by atoms with Crippen molar-refractivity contribution in [1.29, 1.82) is 0 Å². The molecule has 1 saturated carbocycles. The molecule has 0 spiro atoms. The van der Waals surface area contributed by atoms with Gasteiger partial charge in [-0.3, -0.25) is 0 Å². The number of rotatable bonds is 8. The summed E-state index contributed by atoms with van der Waals surface area (Å²) >= 11 is 0. The molecule has 0 heterocycles. The van der Waals surface area contributed by atoms with Crippen LogP contribution in [0, 0.1) is 24.6 Å². The molecule has 2 aromatic carbocycles. The fraction of sp³-hybridized carbons (Fsp3) is 0.481. The van der Waals surface area contributed by atoms with Gasteiger partial charge in [-0.05, 0) is 42.7 Å². The molecule has 0 N–H and O–H groups in total. The zero-order valence-electron chi connectivity index (χ0n) is 18.1. The first-order chi connectivity index (χ1) is 14.5. The number of hydrogen-bond donors (Lipinski definition) is 0. The highest BCUT2D eigenvalue weighted by Gasteiger charge is 2.22. The van der Waals surface area contributed by atoms with Crippen LogP contribution in [0.4, 0.5) is 13.2 Å². The minimum absolute atomic E-state index is 0.243. The Morgan fingerprint density at radius 1 is 0.933 bits per heavy atom. The summed E-state index contributed by atoms with van der Waals surface area (Å²) < 4.78 is 42.3. The summed E-state index contributed by atoms with van der Waals surface area (Å²) in [6, 6.07) is 10.5. The molecular formula is C27H33F3. The van der Waals surface area contributed by atoms with Crippen molar-refractivity contribution in [3.63, 3.8) is 0 Å². The zero-order chi connectivity index (χ0) is 21.5. The number of aryl methyl sites for hydroxylation is 1. The van der Waals surface area contributed by atoms with E-state index in [2.05, 4.69) is 6.92 Å². The Balaban J connectivity index is 1.65. The SMILES string of the molecule is CCCC1CCC(CC/C=C/c2ccc(-c3ccc(C)cc3)c(C(F)F)c2F)CC1. The minimum atomic E-state index is -2.85. The van der Waals surface area contributed by atoms with Crippen LogP contribution in [0.25, 0.3) is 17.2 Å². The number of halogens is 3. The molecule has 0 unspecified atom stereocenters. The van der Waals surface area contributed by atoms with Crippen molar-refractivity contribution < 1.29 is 13.2 Å². The number of allylic oxidation sites excluding steroid dienone is 1. The van der Waals surface area contributed by atoms with Gasteiger partial charge in [-0.15, -0.1) is 0 Å². The van der Waals surface area contributed by atoms with Gasteiger partial charge in [-0.2, -0.15) is 0 Å². The lowest BCUT2D eigenvalue weighted by molar-refractivity contribution is 0.147. The van der Waals surface area contributed by atoms with Crippen molar-refractivity contribution in [2.24, 2.45) is 11.8 Å². The third-order valence-electron chi connectivity index (χ3n) is 6.49. The van der Waals surface area contributed by atoms with Crippen LogP contribution in [0.15, 0.2) is 42.5 Å². The first kappa shape index (κ1) is 22.7. The van der Waals surface area contributed by atoms with Gasteiger partial charge in [0.15, 0.2) is 0 Å². The third-order valence-corrected chi connectivity index (χ3v) is 6.49. The molecule has 2 aromatic rings. The minimum Gasteiger partial charge on any atom is -0.206 e. The second kappa shape index (κ2) is 10.8. The van der Waals surface area contributed by atoms with Crippen molar-refractivity contribution >= 4 is 6.08 Å². The van der Waals surface area contributed by atoms with E-state index in [0.29, 0.717) is 5.56 Å². The molecule has 3 heteroatoms. The fourth-order valence-electron chi connectivity index (χ4n) is 4.70. The van der Waals surface area contributed by atoms with Crippen LogP contribution in [-0.4, -0.2) is 0 Å². The summed E-state index contributed by atoms with van der Waals surface area (Å²) in [6.45, 7) is 4.19. The predicted octanol–water partition coefficient (Wildman–Crippen LogP) is 9.14. The highest BCUT2D eigenvalue weighted by atomic mass is 19.3. The molecular weight excluding hydrogens is 381 g/mol. The van der Waals surface area contributed by atoms with Crippen LogP contribution in [0.5, 0.6) is 0 Å². The van der Waals surface area contributed by atoms with Gasteiger partial charge >= 0.3 is 0 Å². The lowest BCUT2D eigenvalue weighted by Crippen LogP contribution is -2.14. The summed E-state index contributed by atoms with van der Waals surface area (Å²) in [5.41, 5.74) is 1.66. The molecule has 3 rings (SSSR count). The van der Waals surface area contributed by atoms with Gasteiger partial charge in [0.05, 0.1) is 5.56 Å². The normalized spacial score (nSPS) is 19.7. The van der Waals surface area contributed by atoms with Crippen molar-refractivity contribution in [3.05, 3.63) is 65.0 Å². The Hall–Kier alpha value is -2.03. The standard InChI is InChI=1S/C27H33F3/c1-3-6-20-11-13-21(14-12-20)7-4-5-8-23-17-18-24(25(26(23)28)27(29)30)22-15-9-19(2)10-16-22/h5,8-10,15-18,20-21,27H,3-4,6-7,11-14H2,1-2H3/b8-5+. The van der Waals surface area contributed by atoms with Crippen LogP contribution in [-0.2, 0) is 0 Å². The largest absolute Gasteiger partial charge is 0.267 e. The monoisotopic (exact) mass is 414 g/mol. The van der Waals surface area contributed by atoms with Gasteiger partial charge in [0.25, 0.3) is 6.43 Å². The Morgan fingerprint density at radius 3 is 2.17 bits per heavy atom. The molecule has 30 heavy (non-hydrogen) atoms. The van der Waals surface area contributed by atoms with E-state index >= 15 is 0 Å². The second-order valence-electron chi connectivity index (χ2n) is 8.75. The summed E-state index contributed by atoms with van der Waals surface area (Å²) in [7, 11) is 0. The highest BCUT2D eigenvalue weighted by molar-refractivity contribution is 5.71. The molecule has 0 amide bonds. The molecule has 0 atom stereocenters. The van der Waals surface area contributed by atoms with Gasteiger partial charge in [0, 0.05) is 5.56 Å². The molecule has 0 bridgehead atoms. The lowest BCUT2D eigenvalue weighted by atomic mass is 9.78. The summed E-state index contributed by atoms with van der Waals surface area (Å²) in [5.74, 6) is 0.836. The molecule has 1 fully saturated rings. The van der Waals surface area contributed by atoms with E-state index in [4.69, 9.17) is 0 Å². The van der Waals surface area contributed by atoms with E-state index in [9.17, 15) is 13.2 Å². The maximum atomic E-state index is 14.9. The van der Waals surface area contributed by atoms with E-state index in [-0.39, 0.29) is 11.1 Å². The quantitative estimate of drug-likeness (QED) is 0.404. The van der Waals surface area contributed by atoms with Gasteiger partial charge < -0.3 is 0 Å². The van der Waals surface area contributed by atoms with E-state index < -0.39 is 17.8 Å². The molecule has 0 nitrogen and oxygen atoms in total. The molecule has 1 aliphatic rings. The van der Waals surface area contributed by atoms with E-state index in [1.54, 1.807) is 30.3 Å². The first-order valence-electron chi connectivity index (χ1n) is 11.3. The summed E-state index contributed by atoms with van der Waals surface area (Å²) in [5, 5.41) is 0. The summed E-state index contributed by atoms with van der Waals surface area (Å²) in [4.78, 5) is 0. The van der Waals surface area contributed by atoms with Crippen molar-refractivity contribution in [3.8, 4) is 11.1 Å². The average Bonchev–Trinajstić information content (AvgIpc) is 2.73. The Kier molecular flexibility index (Phi) is 8.18. The van der Waals surface area contributed by atoms with Gasteiger partial charge in [0.1, 0.15) is 5.82 Å². The predicted molar refractivity (Wildman–Crippen MR) is 120 cm³/mol. The van der Waals surface area contributed by atoms with Crippen molar-refractivity contribution in [2.45, 2.75) is 71.6 Å². The van der Waals surface area contributed by atoms with Crippen LogP contribution < -0.4 is 0 Å². The number of alkyl halides is 2.